The van der Waals surface area contributed by atoms with Crippen molar-refractivity contribution in [3.8, 4) is 6.07 Å². The van der Waals surface area contributed by atoms with E-state index >= 15 is 0 Å². The lowest BCUT2D eigenvalue weighted by Gasteiger charge is -2.29. The first-order chi connectivity index (χ1) is 7.27. The van der Waals surface area contributed by atoms with Crippen molar-refractivity contribution in [3.05, 3.63) is 0 Å². The number of likely N-dealkylation sites (tertiary alicyclic amines) is 1. The molecule has 1 aliphatic rings. The number of hydrogen-bond acceptors (Lipinski definition) is 3. The molecule has 1 saturated heterocycles. The van der Waals surface area contributed by atoms with Crippen LogP contribution in [0.4, 0.5) is 0 Å². The molecule has 0 saturated carbocycles. The minimum Gasteiger partial charge on any atom is -0.381 e. The van der Waals surface area contributed by atoms with E-state index in [0.29, 0.717) is 19.6 Å². The van der Waals surface area contributed by atoms with Crippen LogP contribution in [0.3, 0.4) is 0 Å². The molecule has 0 aliphatic carbocycles. The largest absolute Gasteiger partial charge is 0.381 e. The number of amides is 1. The highest BCUT2D eigenvalue weighted by molar-refractivity contribution is 5.76. The maximum atomic E-state index is 11.6. The van der Waals surface area contributed by atoms with Crippen molar-refractivity contribution in [3.63, 3.8) is 0 Å². The number of nitriles is 1. The van der Waals surface area contributed by atoms with Gasteiger partial charge in [-0.15, -0.1) is 0 Å². The molecule has 1 fully saturated rings. The van der Waals surface area contributed by atoms with Gasteiger partial charge in [-0.2, -0.15) is 5.26 Å². The third-order valence-electron chi connectivity index (χ3n) is 2.69. The Kier molecular flexibility index (Phi) is 5.13. The highest BCUT2D eigenvalue weighted by atomic mass is 16.5. The van der Waals surface area contributed by atoms with E-state index in [1.807, 2.05) is 11.8 Å². The Morgan fingerprint density at radius 1 is 1.53 bits per heavy atom. The second-order valence-electron chi connectivity index (χ2n) is 3.73. The monoisotopic (exact) mass is 210 g/mol. The van der Waals surface area contributed by atoms with Gasteiger partial charge in [0.05, 0.1) is 19.1 Å². The zero-order valence-electron chi connectivity index (χ0n) is 9.24. The van der Waals surface area contributed by atoms with Gasteiger partial charge in [-0.25, -0.2) is 0 Å². The fourth-order valence-corrected chi connectivity index (χ4v) is 1.72. The minimum atomic E-state index is 0.140. The van der Waals surface area contributed by atoms with Crippen LogP contribution in [0.2, 0.25) is 0 Å². The van der Waals surface area contributed by atoms with E-state index in [1.54, 1.807) is 0 Å². The molecule has 84 valence electrons. The summed E-state index contributed by atoms with van der Waals surface area (Å²) in [4.78, 5) is 13.5. The maximum absolute atomic E-state index is 11.6. The zero-order chi connectivity index (χ0) is 11.1. The SMILES string of the molecule is CCOCCC(=O)N1CCC(C#N)CC1. The van der Waals surface area contributed by atoms with E-state index in [4.69, 9.17) is 10.00 Å². The summed E-state index contributed by atoms with van der Waals surface area (Å²) in [6, 6.07) is 2.25. The van der Waals surface area contributed by atoms with E-state index in [9.17, 15) is 4.79 Å². The van der Waals surface area contributed by atoms with Gasteiger partial charge in [0.15, 0.2) is 0 Å². The van der Waals surface area contributed by atoms with Gasteiger partial charge in [-0.1, -0.05) is 0 Å². The molecule has 0 aromatic heterocycles. The number of carbonyl (C=O) groups is 1. The Balaban J connectivity index is 2.21. The number of piperidine rings is 1. The quantitative estimate of drug-likeness (QED) is 0.655. The van der Waals surface area contributed by atoms with Gasteiger partial charge < -0.3 is 9.64 Å². The molecule has 0 N–H and O–H groups in total. The van der Waals surface area contributed by atoms with Gasteiger partial charge in [0.25, 0.3) is 0 Å². The van der Waals surface area contributed by atoms with Gasteiger partial charge in [0.1, 0.15) is 0 Å². The van der Waals surface area contributed by atoms with Crippen LogP contribution in [0, 0.1) is 17.2 Å². The molecule has 0 aromatic rings. The van der Waals surface area contributed by atoms with E-state index in [-0.39, 0.29) is 11.8 Å². The second kappa shape index (κ2) is 6.41. The third kappa shape index (κ3) is 3.88. The summed E-state index contributed by atoms with van der Waals surface area (Å²) in [5.74, 6) is 0.292. The van der Waals surface area contributed by atoms with Crippen LogP contribution in [-0.4, -0.2) is 37.1 Å². The summed E-state index contributed by atoms with van der Waals surface area (Å²) in [5.41, 5.74) is 0. The molecule has 4 heteroatoms. The number of nitrogens with zero attached hydrogens (tertiary/aromatic N) is 2. The first-order valence-electron chi connectivity index (χ1n) is 5.53. The molecule has 1 aliphatic heterocycles. The Morgan fingerprint density at radius 3 is 2.73 bits per heavy atom. The summed E-state index contributed by atoms with van der Waals surface area (Å²) in [7, 11) is 0. The molecule has 0 radical (unpaired) electrons. The standard InChI is InChI=1S/C11H18N2O2/c1-2-15-8-5-11(14)13-6-3-10(9-12)4-7-13/h10H,2-8H2,1H3. The van der Waals surface area contributed by atoms with E-state index in [1.165, 1.54) is 0 Å². The Morgan fingerprint density at radius 2 is 2.20 bits per heavy atom. The first kappa shape index (κ1) is 12.0. The Bertz CT molecular complexity index is 239. The number of ether oxygens (including phenoxy) is 1. The third-order valence-corrected chi connectivity index (χ3v) is 2.69. The van der Waals surface area contributed by atoms with Crippen molar-refractivity contribution in [2.45, 2.75) is 26.2 Å². The lowest BCUT2D eigenvalue weighted by atomic mass is 9.98. The molecule has 0 spiro atoms. The molecule has 15 heavy (non-hydrogen) atoms. The molecule has 4 nitrogen and oxygen atoms in total. The van der Waals surface area contributed by atoms with Gasteiger partial charge in [-0.3, -0.25) is 4.79 Å². The minimum absolute atomic E-state index is 0.140. The molecular formula is C11H18N2O2. The van der Waals surface area contributed by atoms with Crippen LogP contribution < -0.4 is 0 Å². The van der Waals surface area contributed by atoms with Crippen LogP contribution in [0.1, 0.15) is 26.2 Å². The fourth-order valence-electron chi connectivity index (χ4n) is 1.72. The highest BCUT2D eigenvalue weighted by Crippen LogP contribution is 2.16. The molecule has 0 unspecified atom stereocenters. The first-order valence-corrected chi connectivity index (χ1v) is 5.53. The average molecular weight is 210 g/mol. The van der Waals surface area contributed by atoms with Gasteiger partial charge in [0.2, 0.25) is 5.91 Å². The Hall–Kier alpha value is -1.08. The summed E-state index contributed by atoms with van der Waals surface area (Å²) in [6.07, 6.45) is 2.10. The van der Waals surface area contributed by atoms with Crippen molar-refractivity contribution in [2.75, 3.05) is 26.3 Å². The van der Waals surface area contributed by atoms with Gasteiger partial charge in [-0.05, 0) is 19.8 Å². The molecule has 0 atom stereocenters. The normalized spacial score (nSPS) is 17.5. The number of rotatable bonds is 4. The molecule has 1 heterocycles. The Labute approximate surface area is 90.8 Å². The van der Waals surface area contributed by atoms with Crippen LogP contribution in [0.5, 0.6) is 0 Å². The smallest absolute Gasteiger partial charge is 0.224 e. The highest BCUT2D eigenvalue weighted by Gasteiger charge is 2.21. The number of carbonyl (C=O) groups excluding carboxylic acids is 1. The summed E-state index contributed by atoms with van der Waals surface area (Å²) in [6.45, 7) is 4.53. The van der Waals surface area contributed by atoms with Crippen molar-refractivity contribution in [1.29, 1.82) is 5.26 Å². The molecule has 1 amide bonds. The predicted octanol–water partition coefficient (Wildman–Crippen LogP) is 1.18. The lowest BCUT2D eigenvalue weighted by Crippen LogP contribution is -2.38. The topological polar surface area (TPSA) is 53.3 Å². The van der Waals surface area contributed by atoms with Crippen molar-refractivity contribution >= 4 is 5.91 Å². The summed E-state index contributed by atoms with van der Waals surface area (Å²) < 4.78 is 5.14. The van der Waals surface area contributed by atoms with Crippen molar-refractivity contribution in [1.82, 2.24) is 4.90 Å². The van der Waals surface area contributed by atoms with Crippen molar-refractivity contribution < 1.29 is 9.53 Å². The lowest BCUT2D eigenvalue weighted by molar-refractivity contribution is -0.133. The average Bonchev–Trinajstić information content (AvgIpc) is 2.29. The van der Waals surface area contributed by atoms with Gasteiger partial charge in [0, 0.05) is 25.6 Å². The van der Waals surface area contributed by atoms with Crippen LogP contribution in [0.15, 0.2) is 0 Å². The van der Waals surface area contributed by atoms with Gasteiger partial charge >= 0.3 is 0 Å². The molecule has 0 aromatic carbocycles. The van der Waals surface area contributed by atoms with Crippen LogP contribution in [-0.2, 0) is 9.53 Å². The van der Waals surface area contributed by atoms with Crippen molar-refractivity contribution in [2.24, 2.45) is 5.92 Å². The predicted molar refractivity (Wildman–Crippen MR) is 56.0 cm³/mol. The van der Waals surface area contributed by atoms with Crippen LogP contribution in [0.25, 0.3) is 0 Å². The maximum Gasteiger partial charge on any atom is 0.224 e. The van der Waals surface area contributed by atoms with E-state index in [0.717, 1.165) is 25.9 Å². The summed E-state index contributed by atoms with van der Waals surface area (Å²) >= 11 is 0. The van der Waals surface area contributed by atoms with E-state index < -0.39 is 0 Å². The van der Waals surface area contributed by atoms with E-state index in [2.05, 4.69) is 6.07 Å². The second-order valence-corrected chi connectivity index (χ2v) is 3.73. The molecule has 0 bridgehead atoms. The zero-order valence-corrected chi connectivity index (χ0v) is 9.24. The van der Waals surface area contributed by atoms with Crippen LogP contribution >= 0.6 is 0 Å². The fraction of sp³-hybridized carbons (Fsp3) is 0.818. The summed E-state index contributed by atoms with van der Waals surface area (Å²) in [5, 5.41) is 8.72. The number of hydrogen-bond donors (Lipinski definition) is 0. The molecule has 1 rings (SSSR count). The molecular weight excluding hydrogens is 192 g/mol.